The molecule has 0 saturated carbocycles. The highest BCUT2D eigenvalue weighted by atomic mass is 79.9. The summed E-state index contributed by atoms with van der Waals surface area (Å²) in [7, 11) is 0. The Morgan fingerprint density at radius 3 is 2.68 bits per heavy atom. The number of hydrogen-bond acceptors (Lipinski definition) is 2. The van der Waals surface area contributed by atoms with Gasteiger partial charge in [0.2, 0.25) is 5.91 Å². The Morgan fingerprint density at radius 2 is 2.11 bits per heavy atom. The van der Waals surface area contributed by atoms with Gasteiger partial charge in [0, 0.05) is 17.6 Å². The van der Waals surface area contributed by atoms with Gasteiger partial charge in [-0.15, -0.1) is 0 Å². The summed E-state index contributed by atoms with van der Waals surface area (Å²) in [4.78, 5) is 25.0. The molecule has 1 fully saturated rings. The summed E-state index contributed by atoms with van der Waals surface area (Å²) >= 11 is 3.21. The first-order valence-electron chi connectivity index (χ1n) is 5.93. The number of rotatable bonds is 2. The summed E-state index contributed by atoms with van der Waals surface area (Å²) in [6.45, 7) is 2.53. The highest BCUT2D eigenvalue weighted by molar-refractivity contribution is 9.10. The number of nitrogens with two attached hydrogens (primary N) is 1. The summed E-state index contributed by atoms with van der Waals surface area (Å²) in [5, 5.41) is 0. The summed E-state index contributed by atoms with van der Waals surface area (Å²) in [6, 6.07) is 4.22. The lowest BCUT2D eigenvalue weighted by Gasteiger charge is -2.16. The molecule has 2 rings (SSSR count). The highest BCUT2D eigenvalue weighted by Gasteiger charge is 2.36. The number of nitrogens with zero attached hydrogens (tertiary/aromatic N) is 1. The fraction of sp³-hybridized carbons (Fsp3) is 0.385. The largest absolute Gasteiger partial charge is 0.369 e. The molecule has 0 spiro atoms. The third kappa shape index (κ3) is 2.78. The fourth-order valence-electron chi connectivity index (χ4n) is 2.33. The van der Waals surface area contributed by atoms with Crippen LogP contribution >= 0.6 is 15.9 Å². The monoisotopic (exact) mass is 328 g/mol. The van der Waals surface area contributed by atoms with Crippen LogP contribution in [-0.2, 0) is 4.79 Å². The number of primary amides is 1. The molecule has 4 nitrogen and oxygen atoms in total. The minimum absolute atomic E-state index is 0.00309. The third-order valence-electron chi connectivity index (χ3n) is 3.42. The van der Waals surface area contributed by atoms with Gasteiger partial charge in [-0.1, -0.05) is 22.9 Å². The minimum atomic E-state index is -0.566. The Balaban J connectivity index is 2.22. The van der Waals surface area contributed by atoms with Gasteiger partial charge in [-0.25, -0.2) is 4.39 Å². The molecule has 0 unspecified atom stereocenters. The van der Waals surface area contributed by atoms with Crippen LogP contribution in [0, 0.1) is 17.7 Å². The third-order valence-corrected chi connectivity index (χ3v) is 3.92. The second kappa shape index (κ2) is 5.28. The van der Waals surface area contributed by atoms with Crippen molar-refractivity contribution in [2.24, 2.45) is 17.6 Å². The molecule has 1 aromatic rings. The number of carbonyl (C=O) groups excluding carboxylic acids is 2. The maximum atomic E-state index is 13.7. The first kappa shape index (κ1) is 14.0. The molecular formula is C13H14BrFN2O2. The van der Waals surface area contributed by atoms with Crippen LogP contribution in [0.2, 0.25) is 0 Å². The number of amides is 2. The second-order valence-corrected chi connectivity index (χ2v) is 5.74. The molecule has 1 aliphatic heterocycles. The van der Waals surface area contributed by atoms with Crippen LogP contribution in [0.5, 0.6) is 0 Å². The SMILES string of the molecule is C[C@@H]1CN(C(=O)c2cc(Br)ccc2F)C[C@H]1C(N)=O. The lowest BCUT2D eigenvalue weighted by atomic mass is 9.98. The van der Waals surface area contributed by atoms with Crippen LogP contribution in [0.3, 0.4) is 0 Å². The van der Waals surface area contributed by atoms with E-state index in [9.17, 15) is 14.0 Å². The lowest BCUT2D eigenvalue weighted by molar-refractivity contribution is -0.122. The van der Waals surface area contributed by atoms with Crippen molar-refractivity contribution in [3.05, 3.63) is 34.1 Å². The number of benzene rings is 1. The molecule has 19 heavy (non-hydrogen) atoms. The van der Waals surface area contributed by atoms with E-state index in [1.807, 2.05) is 6.92 Å². The van der Waals surface area contributed by atoms with Crippen molar-refractivity contribution in [2.45, 2.75) is 6.92 Å². The zero-order valence-electron chi connectivity index (χ0n) is 10.4. The number of hydrogen-bond donors (Lipinski definition) is 1. The van der Waals surface area contributed by atoms with E-state index in [-0.39, 0.29) is 23.9 Å². The van der Waals surface area contributed by atoms with Gasteiger partial charge in [0.25, 0.3) is 5.91 Å². The molecule has 1 heterocycles. The molecule has 2 N–H and O–H groups in total. The summed E-state index contributed by atoms with van der Waals surface area (Å²) in [6.07, 6.45) is 0. The standard InChI is InChI=1S/C13H14BrFN2O2/c1-7-5-17(6-10(7)12(16)18)13(19)9-4-8(14)2-3-11(9)15/h2-4,7,10H,5-6H2,1H3,(H2,16,18)/t7-,10-/m1/s1. The molecule has 2 atom stereocenters. The Morgan fingerprint density at radius 1 is 1.42 bits per heavy atom. The first-order valence-corrected chi connectivity index (χ1v) is 6.73. The van der Waals surface area contributed by atoms with Crippen LogP contribution in [0.1, 0.15) is 17.3 Å². The van der Waals surface area contributed by atoms with Crippen molar-refractivity contribution >= 4 is 27.7 Å². The number of carbonyl (C=O) groups is 2. The summed E-state index contributed by atoms with van der Waals surface area (Å²) in [5.41, 5.74) is 5.29. The van der Waals surface area contributed by atoms with E-state index in [1.165, 1.54) is 23.1 Å². The second-order valence-electron chi connectivity index (χ2n) is 4.82. The van der Waals surface area contributed by atoms with Gasteiger partial charge in [-0.3, -0.25) is 9.59 Å². The molecule has 0 aromatic heterocycles. The molecule has 0 aliphatic carbocycles. The van der Waals surface area contributed by atoms with Crippen molar-refractivity contribution in [3.8, 4) is 0 Å². The lowest BCUT2D eigenvalue weighted by Crippen LogP contribution is -2.32. The van der Waals surface area contributed by atoms with Crippen molar-refractivity contribution in [3.63, 3.8) is 0 Å². The smallest absolute Gasteiger partial charge is 0.256 e. The average molecular weight is 329 g/mol. The molecule has 102 valence electrons. The Labute approximate surface area is 118 Å². The Bertz CT molecular complexity index is 535. The van der Waals surface area contributed by atoms with Gasteiger partial charge in [0.1, 0.15) is 5.82 Å². The van der Waals surface area contributed by atoms with Crippen LogP contribution in [0.15, 0.2) is 22.7 Å². The predicted molar refractivity (Wildman–Crippen MR) is 71.9 cm³/mol. The van der Waals surface area contributed by atoms with Crippen molar-refractivity contribution < 1.29 is 14.0 Å². The van der Waals surface area contributed by atoms with Gasteiger partial charge in [0.15, 0.2) is 0 Å². The molecule has 6 heteroatoms. The average Bonchev–Trinajstić information content (AvgIpc) is 2.74. The number of likely N-dealkylation sites (tertiary alicyclic amines) is 1. The maximum absolute atomic E-state index is 13.7. The van der Waals surface area contributed by atoms with Crippen molar-refractivity contribution in [1.82, 2.24) is 4.90 Å². The normalized spacial score (nSPS) is 22.6. The van der Waals surface area contributed by atoms with E-state index in [4.69, 9.17) is 5.73 Å². The van der Waals surface area contributed by atoms with Gasteiger partial charge < -0.3 is 10.6 Å². The summed E-state index contributed by atoms with van der Waals surface area (Å²) in [5.74, 6) is -1.76. The zero-order valence-corrected chi connectivity index (χ0v) is 12.0. The Hall–Kier alpha value is -1.43. The molecule has 2 amide bonds. The van der Waals surface area contributed by atoms with Gasteiger partial charge in [-0.05, 0) is 24.1 Å². The number of halogens is 2. The quantitative estimate of drug-likeness (QED) is 0.899. The van der Waals surface area contributed by atoms with Crippen LogP contribution < -0.4 is 5.73 Å². The maximum Gasteiger partial charge on any atom is 0.256 e. The molecule has 1 aromatic carbocycles. The van der Waals surface area contributed by atoms with E-state index >= 15 is 0 Å². The van der Waals surface area contributed by atoms with Crippen LogP contribution in [-0.4, -0.2) is 29.8 Å². The van der Waals surface area contributed by atoms with E-state index in [2.05, 4.69) is 15.9 Å². The predicted octanol–water partition coefficient (Wildman–Crippen LogP) is 1.78. The topological polar surface area (TPSA) is 63.4 Å². The summed E-state index contributed by atoms with van der Waals surface area (Å²) < 4.78 is 14.3. The van der Waals surface area contributed by atoms with E-state index in [0.717, 1.165) is 0 Å². The molecule has 1 aliphatic rings. The highest BCUT2D eigenvalue weighted by Crippen LogP contribution is 2.25. The van der Waals surface area contributed by atoms with E-state index < -0.39 is 17.6 Å². The van der Waals surface area contributed by atoms with Crippen molar-refractivity contribution in [1.29, 1.82) is 0 Å². The molecular weight excluding hydrogens is 315 g/mol. The van der Waals surface area contributed by atoms with Crippen LogP contribution in [0.4, 0.5) is 4.39 Å². The fourth-order valence-corrected chi connectivity index (χ4v) is 2.70. The zero-order chi connectivity index (χ0) is 14.2. The molecule has 1 saturated heterocycles. The van der Waals surface area contributed by atoms with E-state index in [0.29, 0.717) is 11.0 Å². The van der Waals surface area contributed by atoms with Crippen molar-refractivity contribution in [2.75, 3.05) is 13.1 Å². The Kier molecular flexibility index (Phi) is 3.89. The van der Waals surface area contributed by atoms with Gasteiger partial charge in [-0.2, -0.15) is 0 Å². The molecule has 0 radical (unpaired) electrons. The first-order chi connectivity index (χ1) is 8.90. The van der Waals surface area contributed by atoms with Gasteiger partial charge >= 0.3 is 0 Å². The van der Waals surface area contributed by atoms with E-state index in [1.54, 1.807) is 0 Å². The van der Waals surface area contributed by atoms with Crippen LogP contribution in [0.25, 0.3) is 0 Å². The minimum Gasteiger partial charge on any atom is -0.369 e. The molecule has 0 bridgehead atoms. The van der Waals surface area contributed by atoms with Gasteiger partial charge in [0.05, 0.1) is 11.5 Å².